The summed E-state index contributed by atoms with van der Waals surface area (Å²) in [6.07, 6.45) is 1.76. The number of carbonyl (C=O) groups is 2. The van der Waals surface area contributed by atoms with Gasteiger partial charge in [0, 0.05) is 33.4 Å². The summed E-state index contributed by atoms with van der Waals surface area (Å²) in [6.45, 7) is 3.77. The molecule has 0 bridgehead atoms. The van der Waals surface area contributed by atoms with E-state index in [-0.39, 0.29) is 17.7 Å². The van der Waals surface area contributed by atoms with Crippen molar-refractivity contribution in [2.24, 2.45) is 5.92 Å². The fraction of sp³-hybridized carbons (Fsp3) is 0.190. The number of hydrogen-bond donors (Lipinski definition) is 2. The van der Waals surface area contributed by atoms with E-state index >= 15 is 0 Å². The van der Waals surface area contributed by atoms with Gasteiger partial charge in [0.2, 0.25) is 5.91 Å². The largest absolute Gasteiger partial charge is 0.340 e. The standard InChI is InChI=1S/C21H20ClN3O2S/c1-13(2)18(25-19(26)14-3-7-16(22)8-4-14)20(27)24-17-9-5-15(6-10-17)21-23-11-12-28-21/h3-13,18H,1-2H3,(H,24,27)(H,25,26)/t18-/m0/s1. The maximum absolute atomic E-state index is 12.7. The van der Waals surface area contributed by atoms with Crippen molar-refractivity contribution >= 4 is 40.4 Å². The van der Waals surface area contributed by atoms with E-state index in [1.807, 2.05) is 43.5 Å². The summed E-state index contributed by atoms with van der Waals surface area (Å²) in [7, 11) is 0. The van der Waals surface area contributed by atoms with Gasteiger partial charge in [-0.15, -0.1) is 11.3 Å². The first kappa shape index (κ1) is 20.0. The summed E-state index contributed by atoms with van der Waals surface area (Å²) in [5, 5.41) is 9.07. The molecular formula is C21H20ClN3O2S. The van der Waals surface area contributed by atoms with Gasteiger partial charge in [0.05, 0.1) is 0 Å². The monoisotopic (exact) mass is 413 g/mol. The van der Waals surface area contributed by atoms with E-state index in [1.54, 1.807) is 41.8 Å². The average Bonchev–Trinajstić information content (AvgIpc) is 3.21. The molecule has 3 rings (SSSR count). The molecule has 0 radical (unpaired) electrons. The first-order valence-corrected chi connectivity index (χ1v) is 10.1. The van der Waals surface area contributed by atoms with Gasteiger partial charge in [-0.25, -0.2) is 4.98 Å². The predicted molar refractivity (Wildman–Crippen MR) is 114 cm³/mol. The molecule has 28 heavy (non-hydrogen) atoms. The fourth-order valence-corrected chi connectivity index (χ4v) is 3.41. The van der Waals surface area contributed by atoms with Crippen molar-refractivity contribution in [1.82, 2.24) is 10.3 Å². The minimum absolute atomic E-state index is 0.0779. The van der Waals surface area contributed by atoms with Crippen LogP contribution in [-0.2, 0) is 4.79 Å². The Kier molecular flexibility index (Phi) is 6.44. The van der Waals surface area contributed by atoms with Crippen molar-refractivity contribution in [2.75, 3.05) is 5.32 Å². The zero-order valence-electron chi connectivity index (χ0n) is 15.5. The highest BCUT2D eigenvalue weighted by Crippen LogP contribution is 2.23. The van der Waals surface area contributed by atoms with E-state index in [0.29, 0.717) is 16.3 Å². The number of amides is 2. The van der Waals surface area contributed by atoms with Gasteiger partial charge in [-0.2, -0.15) is 0 Å². The van der Waals surface area contributed by atoms with Crippen molar-refractivity contribution in [3.63, 3.8) is 0 Å². The molecule has 2 aromatic carbocycles. The molecule has 7 heteroatoms. The van der Waals surface area contributed by atoms with E-state index < -0.39 is 6.04 Å². The van der Waals surface area contributed by atoms with Crippen molar-refractivity contribution in [3.8, 4) is 10.6 Å². The second-order valence-corrected chi connectivity index (χ2v) is 7.94. The number of hydrogen-bond acceptors (Lipinski definition) is 4. The Hall–Kier alpha value is -2.70. The molecule has 0 unspecified atom stereocenters. The molecule has 3 aromatic rings. The zero-order chi connectivity index (χ0) is 20.1. The van der Waals surface area contributed by atoms with Gasteiger partial charge in [0.25, 0.3) is 5.91 Å². The lowest BCUT2D eigenvalue weighted by atomic mass is 10.0. The number of nitrogens with one attached hydrogen (secondary N) is 2. The van der Waals surface area contributed by atoms with Crippen molar-refractivity contribution in [2.45, 2.75) is 19.9 Å². The first-order chi connectivity index (χ1) is 13.4. The van der Waals surface area contributed by atoms with Crippen LogP contribution in [0.15, 0.2) is 60.1 Å². The number of carbonyl (C=O) groups excluding carboxylic acids is 2. The number of halogens is 1. The van der Waals surface area contributed by atoms with Gasteiger partial charge in [0.15, 0.2) is 0 Å². The lowest BCUT2D eigenvalue weighted by Gasteiger charge is -2.22. The van der Waals surface area contributed by atoms with Gasteiger partial charge >= 0.3 is 0 Å². The van der Waals surface area contributed by atoms with Gasteiger partial charge in [-0.1, -0.05) is 25.4 Å². The van der Waals surface area contributed by atoms with Crippen LogP contribution in [-0.4, -0.2) is 22.8 Å². The van der Waals surface area contributed by atoms with Gasteiger partial charge in [-0.3, -0.25) is 9.59 Å². The second kappa shape index (κ2) is 8.99. The maximum Gasteiger partial charge on any atom is 0.251 e. The Labute approximate surface area is 172 Å². The molecule has 5 nitrogen and oxygen atoms in total. The molecule has 0 aliphatic heterocycles. The summed E-state index contributed by atoms with van der Waals surface area (Å²) in [5.41, 5.74) is 2.11. The SMILES string of the molecule is CC(C)[C@H](NC(=O)c1ccc(Cl)cc1)C(=O)Nc1ccc(-c2nccs2)cc1. The number of rotatable bonds is 6. The quantitative estimate of drug-likeness (QED) is 0.606. The van der Waals surface area contributed by atoms with Crippen molar-refractivity contribution in [3.05, 3.63) is 70.7 Å². The van der Waals surface area contributed by atoms with Crippen LogP contribution in [0, 0.1) is 5.92 Å². The molecule has 0 fully saturated rings. The Morgan fingerprint density at radius 1 is 1.04 bits per heavy atom. The fourth-order valence-electron chi connectivity index (χ4n) is 2.64. The van der Waals surface area contributed by atoms with Crippen LogP contribution in [0.5, 0.6) is 0 Å². The van der Waals surface area contributed by atoms with Crippen molar-refractivity contribution < 1.29 is 9.59 Å². The number of anilines is 1. The van der Waals surface area contributed by atoms with Crippen LogP contribution in [0.25, 0.3) is 10.6 Å². The maximum atomic E-state index is 12.7. The molecule has 0 saturated heterocycles. The lowest BCUT2D eigenvalue weighted by molar-refractivity contribution is -0.118. The van der Waals surface area contributed by atoms with Gasteiger partial charge in [0.1, 0.15) is 11.0 Å². The number of nitrogens with zero attached hydrogens (tertiary/aromatic N) is 1. The number of aromatic nitrogens is 1. The normalized spacial score (nSPS) is 11.9. The second-order valence-electron chi connectivity index (χ2n) is 6.61. The third-order valence-corrected chi connectivity index (χ3v) is 5.25. The van der Waals surface area contributed by atoms with Crippen molar-refractivity contribution in [1.29, 1.82) is 0 Å². The van der Waals surface area contributed by atoms with Crippen LogP contribution in [0.2, 0.25) is 5.02 Å². The number of thiazole rings is 1. The number of benzene rings is 2. The highest BCUT2D eigenvalue weighted by molar-refractivity contribution is 7.13. The van der Waals surface area contributed by atoms with E-state index in [0.717, 1.165) is 10.6 Å². The Balaban J connectivity index is 1.67. The predicted octanol–water partition coefficient (Wildman–Crippen LogP) is 4.86. The molecule has 1 aromatic heterocycles. The summed E-state index contributed by atoms with van der Waals surface area (Å²) in [6, 6.07) is 13.3. The van der Waals surface area contributed by atoms with Crippen LogP contribution in [0.1, 0.15) is 24.2 Å². The highest BCUT2D eigenvalue weighted by atomic mass is 35.5. The topological polar surface area (TPSA) is 71.1 Å². The molecule has 2 N–H and O–H groups in total. The molecule has 0 aliphatic rings. The summed E-state index contributed by atoms with van der Waals surface area (Å²) in [5.74, 6) is -0.658. The Morgan fingerprint density at radius 3 is 2.29 bits per heavy atom. The first-order valence-electron chi connectivity index (χ1n) is 8.81. The Bertz CT molecular complexity index is 939. The molecule has 2 amide bonds. The van der Waals surface area contributed by atoms with Crippen LogP contribution in [0.3, 0.4) is 0 Å². The summed E-state index contributed by atoms with van der Waals surface area (Å²) in [4.78, 5) is 29.5. The van der Waals surface area contributed by atoms with Crippen LogP contribution < -0.4 is 10.6 Å². The molecule has 0 spiro atoms. The van der Waals surface area contributed by atoms with E-state index in [4.69, 9.17) is 11.6 Å². The highest BCUT2D eigenvalue weighted by Gasteiger charge is 2.24. The molecule has 144 valence electrons. The summed E-state index contributed by atoms with van der Waals surface area (Å²) >= 11 is 7.41. The third-order valence-electron chi connectivity index (χ3n) is 4.17. The van der Waals surface area contributed by atoms with E-state index in [2.05, 4.69) is 15.6 Å². The Morgan fingerprint density at radius 2 is 1.71 bits per heavy atom. The lowest BCUT2D eigenvalue weighted by Crippen LogP contribution is -2.47. The summed E-state index contributed by atoms with van der Waals surface area (Å²) < 4.78 is 0. The smallest absolute Gasteiger partial charge is 0.251 e. The van der Waals surface area contributed by atoms with E-state index in [1.165, 1.54) is 0 Å². The minimum Gasteiger partial charge on any atom is -0.340 e. The molecule has 1 atom stereocenters. The third kappa shape index (κ3) is 4.97. The van der Waals surface area contributed by atoms with Crippen LogP contribution >= 0.6 is 22.9 Å². The van der Waals surface area contributed by atoms with Crippen LogP contribution in [0.4, 0.5) is 5.69 Å². The molecule has 0 aliphatic carbocycles. The van der Waals surface area contributed by atoms with E-state index in [9.17, 15) is 9.59 Å². The molecular weight excluding hydrogens is 394 g/mol. The average molecular weight is 414 g/mol. The zero-order valence-corrected chi connectivity index (χ0v) is 17.1. The molecule has 1 heterocycles. The molecule has 0 saturated carbocycles. The van der Waals surface area contributed by atoms with Gasteiger partial charge < -0.3 is 10.6 Å². The van der Waals surface area contributed by atoms with Gasteiger partial charge in [-0.05, 0) is 54.4 Å². The minimum atomic E-state index is -0.665.